The average Bonchev–Trinajstić information content (AvgIpc) is 3.29. The number of ether oxygens (including phenoxy) is 1. The summed E-state index contributed by atoms with van der Waals surface area (Å²) in [4.78, 5) is 37.5. The number of phosphoric acid groups is 1. The van der Waals surface area contributed by atoms with Crippen molar-refractivity contribution in [2.75, 3.05) is 40.9 Å². The van der Waals surface area contributed by atoms with E-state index in [0.29, 0.717) is 17.4 Å². The third-order valence-corrected chi connectivity index (χ3v) is 13.2. The monoisotopic (exact) mass is 976 g/mol. The molecule has 9 nitrogen and oxygen atoms in total. The van der Waals surface area contributed by atoms with Crippen molar-refractivity contribution in [1.82, 2.24) is 5.32 Å². The fourth-order valence-corrected chi connectivity index (χ4v) is 8.57. The molecule has 0 aromatic rings. The van der Waals surface area contributed by atoms with Crippen LogP contribution in [0.3, 0.4) is 0 Å². The van der Waals surface area contributed by atoms with Crippen LogP contribution < -0.4 is 5.32 Å². The van der Waals surface area contributed by atoms with E-state index in [0.717, 1.165) is 103 Å². The molecule has 0 saturated carbocycles. The molecule has 0 aliphatic carbocycles. The Labute approximate surface area is 420 Å². The zero-order valence-corrected chi connectivity index (χ0v) is 46.0. The van der Waals surface area contributed by atoms with Crippen LogP contribution in [0.2, 0.25) is 0 Å². The van der Waals surface area contributed by atoms with Crippen molar-refractivity contribution >= 4 is 19.7 Å². The third-order valence-electron chi connectivity index (χ3n) is 12.2. The molecule has 0 saturated heterocycles. The van der Waals surface area contributed by atoms with Gasteiger partial charge in [0, 0.05) is 12.8 Å². The number of phosphoric ester groups is 1. The van der Waals surface area contributed by atoms with E-state index in [1.54, 1.807) is 0 Å². The minimum Gasteiger partial charge on any atom is -0.456 e. The first-order valence-electron chi connectivity index (χ1n) is 28.1. The van der Waals surface area contributed by atoms with Gasteiger partial charge < -0.3 is 19.4 Å². The predicted octanol–water partition coefficient (Wildman–Crippen LogP) is 16.7. The van der Waals surface area contributed by atoms with Crippen LogP contribution in [-0.2, 0) is 27.9 Å². The van der Waals surface area contributed by atoms with E-state index < -0.39 is 20.0 Å². The van der Waals surface area contributed by atoms with E-state index in [1.807, 2.05) is 33.3 Å². The molecule has 0 radical (unpaired) electrons. The SMILES string of the molecule is CC/C=C/C/C=C/C/C=C/CCCCCCC(=O)NC(COP(=O)(O)OCC[N+](C)(C)C)C(/C=C/CCCCCCCCCCCCC)OC(=O)CCCCCCCCC/C=C\CCCCCC. The molecule has 0 aromatic heterocycles. The van der Waals surface area contributed by atoms with Gasteiger partial charge in [0.15, 0.2) is 0 Å². The second-order valence-electron chi connectivity index (χ2n) is 20.1. The molecule has 3 unspecified atom stereocenters. The lowest BCUT2D eigenvalue weighted by molar-refractivity contribution is -0.870. The molecule has 3 atom stereocenters. The van der Waals surface area contributed by atoms with Gasteiger partial charge in [0.1, 0.15) is 19.3 Å². The van der Waals surface area contributed by atoms with Crippen LogP contribution in [0.4, 0.5) is 0 Å². The Kier molecular flexibility index (Phi) is 46.7. The number of nitrogens with one attached hydrogen (secondary N) is 1. The third kappa shape index (κ3) is 48.7. The second kappa shape index (κ2) is 48.3. The molecule has 396 valence electrons. The number of hydrogen-bond donors (Lipinski definition) is 2. The molecular weight excluding hydrogens is 868 g/mol. The van der Waals surface area contributed by atoms with Gasteiger partial charge >= 0.3 is 13.8 Å². The van der Waals surface area contributed by atoms with Gasteiger partial charge in [0.2, 0.25) is 5.91 Å². The molecule has 0 aliphatic heterocycles. The lowest BCUT2D eigenvalue weighted by Gasteiger charge is -2.27. The molecule has 0 fully saturated rings. The summed E-state index contributed by atoms with van der Waals surface area (Å²) in [7, 11) is 1.47. The maximum Gasteiger partial charge on any atom is 0.472 e. The van der Waals surface area contributed by atoms with Crippen LogP contribution in [0.25, 0.3) is 0 Å². The van der Waals surface area contributed by atoms with Crippen molar-refractivity contribution in [2.45, 2.75) is 258 Å². The summed E-state index contributed by atoms with van der Waals surface area (Å²) in [5.74, 6) is -0.535. The summed E-state index contributed by atoms with van der Waals surface area (Å²) in [5, 5.41) is 3.03. The molecule has 0 rings (SSSR count). The standard InChI is InChI=1S/C58H107N2O7P/c1-7-10-13-16-19-22-25-28-30-33-36-39-42-45-48-51-58(62)67-56(49-46-43-40-37-34-31-27-24-21-18-15-12-9-3)55(54-66-68(63,64)65-53-52-60(4,5)6)59-57(61)50-47-44-41-38-35-32-29-26-23-20-17-14-11-8-2/h11,14,20,22-23,25,29,32,46,49,55-56H,7-10,12-13,15-19,21,24,26-28,30-31,33-45,47-48,50-54H2,1-6H3,(H-,59,61,63,64)/p+1/b14-11+,23-20+,25-22-,32-29+,49-46+. The van der Waals surface area contributed by atoms with Gasteiger partial charge in [-0.05, 0) is 89.5 Å². The van der Waals surface area contributed by atoms with Gasteiger partial charge in [-0.3, -0.25) is 18.6 Å². The number of unbranched alkanes of at least 4 members (excludes halogenated alkanes) is 26. The Morgan fingerprint density at radius 3 is 1.44 bits per heavy atom. The fourth-order valence-electron chi connectivity index (χ4n) is 7.83. The van der Waals surface area contributed by atoms with Crippen LogP contribution in [0, 0.1) is 0 Å². The highest BCUT2D eigenvalue weighted by molar-refractivity contribution is 7.47. The predicted molar refractivity (Wildman–Crippen MR) is 291 cm³/mol. The number of esters is 1. The first kappa shape index (κ1) is 65.7. The summed E-state index contributed by atoms with van der Waals surface area (Å²) >= 11 is 0. The van der Waals surface area contributed by atoms with E-state index in [2.05, 4.69) is 74.7 Å². The van der Waals surface area contributed by atoms with Crippen molar-refractivity contribution in [3.8, 4) is 0 Å². The minimum absolute atomic E-state index is 0.0337. The van der Waals surface area contributed by atoms with E-state index >= 15 is 0 Å². The number of rotatable bonds is 50. The summed E-state index contributed by atoms with van der Waals surface area (Å²) in [6.07, 6.45) is 59.2. The smallest absolute Gasteiger partial charge is 0.456 e. The topological polar surface area (TPSA) is 111 Å². The maximum atomic E-state index is 13.5. The van der Waals surface area contributed by atoms with E-state index in [-0.39, 0.29) is 31.5 Å². The van der Waals surface area contributed by atoms with Crippen LogP contribution in [-0.4, -0.2) is 74.3 Å². The number of carbonyl (C=O) groups excluding carboxylic acids is 2. The number of amides is 1. The number of quaternary nitrogens is 1. The normalized spacial score (nSPS) is 14.3. The van der Waals surface area contributed by atoms with E-state index in [9.17, 15) is 19.0 Å². The fraction of sp³-hybridized carbons (Fsp3) is 0.793. The molecular formula is C58H108N2O7P+. The Hall–Kier alpha value is -2.29. The zero-order valence-electron chi connectivity index (χ0n) is 45.1. The summed E-state index contributed by atoms with van der Waals surface area (Å²) < 4.78 is 30.6. The quantitative estimate of drug-likeness (QED) is 0.0205. The van der Waals surface area contributed by atoms with Crippen LogP contribution in [0.1, 0.15) is 245 Å². The van der Waals surface area contributed by atoms with Crippen molar-refractivity contribution in [1.29, 1.82) is 0 Å². The number of nitrogens with zero attached hydrogens (tertiary/aromatic N) is 1. The molecule has 0 aromatic carbocycles. The Balaban J connectivity index is 5.43. The van der Waals surface area contributed by atoms with Gasteiger partial charge in [-0.2, -0.15) is 0 Å². The van der Waals surface area contributed by atoms with Gasteiger partial charge in [-0.1, -0.05) is 204 Å². The highest BCUT2D eigenvalue weighted by Crippen LogP contribution is 2.43. The van der Waals surface area contributed by atoms with Crippen molar-refractivity contribution in [3.05, 3.63) is 60.8 Å². The van der Waals surface area contributed by atoms with Gasteiger partial charge in [0.05, 0.1) is 33.8 Å². The molecule has 0 spiro atoms. The molecule has 0 heterocycles. The van der Waals surface area contributed by atoms with E-state index in [4.69, 9.17) is 13.8 Å². The largest absolute Gasteiger partial charge is 0.472 e. The van der Waals surface area contributed by atoms with Crippen molar-refractivity contribution < 1.29 is 37.3 Å². The van der Waals surface area contributed by atoms with E-state index in [1.165, 1.54) is 109 Å². The van der Waals surface area contributed by atoms with Gasteiger partial charge in [-0.15, -0.1) is 0 Å². The summed E-state index contributed by atoms with van der Waals surface area (Å²) in [6, 6.07) is -0.861. The van der Waals surface area contributed by atoms with Gasteiger partial charge in [0.25, 0.3) is 0 Å². The molecule has 2 N–H and O–H groups in total. The average molecular weight is 976 g/mol. The van der Waals surface area contributed by atoms with Crippen LogP contribution >= 0.6 is 7.82 Å². The lowest BCUT2D eigenvalue weighted by Crippen LogP contribution is -2.47. The van der Waals surface area contributed by atoms with Crippen LogP contribution in [0.15, 0.2) is 60.8 Å². The summed E-state index contributed by atoms with van der Waals surface area (Å²) in [6.45, 7) is 6.86. The van der Waals surface area contributed by atoms with Crippen molar-refractivity contribution in [2.24, 2.45) is 0 Å². The summed E-state index contributed by atoms with van der Waals surface area (Å²) in [5.41, 5.74) is 0. The number of carbonyl (C=O) groups is 2. The first-order chi connectivity index (χ1) is 32.9. The maximum absolute atomic E-state index is 13.5. The Morgan fingerprint density at radius 2 is 0.941 bits per heavy atom. The Morgan fingerprint density at radius 1 is 0.529 bits per heavy atom. The lowest BCUT2D eigenvalue weighted by atomic mass is 10.0. The highest BCUT2D eigenvalue weighted by Gasteiger charge is 2.30. The second-order valence-corrected chi connectivity index (χ2v) is 21.5. The highest BCUT2D eigenvalue weighted by atomic mass is 31.2. The number of hydrogen-bond acceptors (Lipinski definition) is 6. The molecule has 0 bridgehead atoms. The number of likely N-dealkylation sites (N-methyl/N-ethyl adjacent to an activating group) is 1. The number of allylic oxidation sites excluding steroid dienone is 9. The zero-order chi connectivity index (χ0) is 50.1. The van der Waals surface area contributed by atoms with Gasteiger partial charge in [-0.25, -0.2) is 4.57 Å². The molecule has 68 heavy (non-hydrogen) atoms. The van der Waals surface area contributed by atoms with Crippen molar-refractivity contribution in [3.63, 3.8) is 0 Å². The molecule has 10 heteroatoms. The van der Waals surface area contributed by atoms with Crippen LogP contribution in [0.5, 0.6) is 0 Å². The Bertz CT molecular complexity index is 1350. The minimum atomic E-state index is -4.45. The first-order valence-corrected chi connectivity index (χ1v) is 29.6. The molecule has 0 aliphatic rings. The molecule has 1 amide bonds.